The third-order valence-corrected chi connectivity index (χ3v) is 4.33. The zero-order valence-electron chi connectivity index (χ0n) is 10.3. The highest BCUT2D eigenvalue weighted by atomic mass is 79.9. The molecule has 0 saturated carbocycles. The van der Waals surface area contributed by atoms with E-state index in [1.807, 2.05) is 11.4 Å². The normalized spacial score (nSPS) is 10.7. The van der Waals surface area contributed by atoms with Crippen LogP contribution in [0.5, 0.6) is 11.5 Å². The molecule has 1 aromatic carbocycles. The summed E-state index contributed by atoms with van der Waals surface area (Å²) in [7, 11) is 1.49. The van der Waals surface area contributed by atoms with Crippen molar-refractivity contribution in [1.82, 2.24) is 10.1 Å². The number of rotatable bonds is 3. The molecule has 3 aromatic rings. The van der Waals surface area contributed by atoms with Gasteiger partial charge in [-0.15, -0.1) is 11.3 Å². The van der Waals surface area contributed by atoms with E-state index in [-0.39, 0.29) is 5.75 Å². The minimum Gasteiger partial charge on any atom is -0.504 e. The van der Waals surface area contributed by atoms with E-state index in [0.29, 0.717) is 23.0 Å². The molecule has 0 spiro atoms. The van der Waals surface area contributed by atoms with Gasteiger partial charge in [-0.3, -0.25) is 0 Å². The van der Waals surface area contributed by atoms with Gasteiger partial charge < -0.3 is 14.4 Å². The predicted molar refractivity (Wildman–Crippen MR) is 79.0 cm³/mol. The zero-order chi connectivity index (χ0) is 14.1. The number of aromatic hydroxyl groups is 1. The molecule has 102 valence electrons. The second-order valence-corrected chi connectivity index (χ2v) is 5.77. The summed E-state index contributed by atoms with van der Waals surface area (Å²) in [5.41, 5.74) is 0.637. The number of hydrogen-bond donors (Lipinski definition) is 1. The smallest absolute Gasteiger partial charge is 0.258 e. The molecule has 5 nitrogen and oxygen atoms in total. The van der Waals surface area contributed by atoms with Crippen molar-refractivity contribution in [1.29, 1.82) is 0 Å². The summed E-state index contributed by atoms with van der Waals surface area (Å²) in [6, 6.07) is 6.85. The molecule has 0 aliphatic carbocycles. The first-order valence-corrected chi connectivity index (χ1v) is 7.30. The molecular weight excluding hydrogens is 344 g/mol. The molecule has 2 aromatic heterocycles. The number of benzene rings is 1. The maximum Gasteiger partial charge on any atom is 0.258 e. The number of aromatic nitrogens is 2. The van der Waals surface area contributed by atoms with Gasteiger partial charge in [0.2, 0.25) is 5.82 Å². The zero-order valence-corrected chi connectivity index (χ0v) is 12.7. The second kappa shape index (κ2) is 5.26. The highest BCUT2D eigenvalue weighted by Gasteiger charge is 2.13. The van der Waals surface area contributed by atoms with Crippen LogP contribution >= 0.6 is 27.3 Å². The number of thiophene rings is 1. The summed E-state index contributed by atoms with van der Waals surface area (Å²) < 4.78 is 11.2. The maximum atomic E-state index is 9.76. The van der Waals surface area contributed by atoms with Crippen molar-refractivity contribution in [3.63, 3.8) is 0 Å². The number of halogens is 1. The van der Waals surface area contributed by atoms with Crippen LogP contribution in [0, 0.1) is 0 Å². The van der Waals surface area contributed by atoms with Gasteiger partial charge in [0.15, 0.2) is 11.5 Å². The summed E-state index contributed by atoms with van der Waals surface area (Å²) in [6.07, 6.45) is 0. The highest BCUT2D eigenvalue weighted by molar-refractivity contribution is 9.10. The van der Waals surface area contributed by atoms with E-state index in [4.69, 9.17) is 9.26 Å². The first-order chi connectivity index (χ1) is 9.67. The molecule has 0 aliphatic heterocycles. The van der Waals surface area contributed by atoms with Crippen LogP contribution in [0.25, 0.3) is 22.2 Å². The second-order valence-electron chi connectivity index (χ2n) is 3.94. The fourth-order valence-electron chi connectivity index (χ4n) is 1.69. The summed E-state index contributed by atoms with van der Waals surface area (Å²) in [5, 5.41) is 15.6. The SMILES string of the molecule is COc1ccc(-c2nc(-c3cc(Br)cs3)no2)cc1O. The summed E-state index contributed by atoms with van der Waals surface area (Å²) in [6.45, 7) is 0. The first-order valence-electron chi connectivity index (χ1n) is 5.63. The standard InChI is InChI=1S/C13H9BrN2O3S/c1-18-10-3-2-7(4-9(10)17)13-15-12(16-19-13)11-5-8(14)6-20-11/h2-6,17H,1H3. The van der Waals surface area contributed by atoms with Crippen LogP contribution in [0.2, 0.25) is 0 Å². The van der Waals surface area contributed by atoms with E-state index in [9.17, 15) is 5.11 Å². The Morgan fingerprint density at radius 2 is 2.20 bits per heavy atom. The van der Waals surface area contributed by atoms with Crippen molar-refractivity contribution in [2.75, 3.05) is 7.11 Å². The molecule has 0 aliphatic rings. The molecule has 20 heavy (non-hydrogen) atoms. The molecule has 1 N–H and O–H groups in total. The lowest BCUT2D eigenvalue weighted by molar-refractivity contribution is 0.373. The highest BCUT2D eigenvalue weighted by Crippen LogP contribution is 2.33. The van der Waals surface area contributed by atoms with Gasteiger partial charge in [-0.05, 0) is 40.2 Å². The molecule has 0 bridgehead atoms. The third kappa shape index (κ3) is 2.41. The van der Waals surface area contributed by atoms with E-state index in [0.717, 1.165) is 9.35 Å². The van der Waals surface area contributed by atoms with E-state index in [1.165, 1.54) is 24.5 Å². The van der Waals surface area contributed by atoms with E-state index >= 15 is 0 Å². The molecule has 0 radical (unpaired) electrons. The molecule has 0 amide bonds. The lowest BCUT2D eigenvalue weighted by Gasteiger charge is -2.03. The van der Waals surface area contributed by atoms with Crippen molar-refractivity contribution < 1.29 is 14.4 Å². The van der Waals surface area contributed by atoms with Crippen LogP contribution in [0.3, 0.4) is 0 Å². The molecule has 0 saturated heterocycles. The average molecular weight is 353 g/mol. The van der Waals surface area contributed by atoms with Crippen LogP contribution in [-0.2, 0) is 0 Å². The van der Waals surface area contributed by atoms with Gasteiger partial charge in [-0.1, -0.05) is 5.16 Å². The molecule has 2 heterocycles. The molecule has 7 heteroatoms. The van der Waals surface area contributed by atoms with Gasteiger partial charge in [-0.25, -0.2) is 0 Å². The van der Waals surface area contributed by atoms with Crippen LogP contribution in [0.15, 0.2) is 38.6 Å². The van der Waals surface area contributed by atoms with E-state index in [1.54, 1.807) is 12.1 Å². The van der Waals surface area contributed by atoms with Crippen molar-refractivity contribution in [3.8, 4) is 33.7 Å². The summed E-state index contributed by atoms with van der Waals surface area (Å²) in [4.78, 5) is 5.23. The summed E-state index contributed by atoms with van der Waals surface area (Å²) >= 11 is 4.90. The van der Waals surface area contributed by atoms with Crippen LogP contribution in [0.1, 0.15) is 0 Å². The summed E-state index contributed by atoms with van der Waals surface area (Å²) in [5.74, 6) is 1.30. The van der Waals surface area contributed by atoms with Crippen LogP contribution < -0.4 is 4.74 Å². The van der Waals surface area contributed by atoms with Gasteiger partial charge in [0.05, 0.1) is 12.0 Å². The van der Waals surface area contributed by atoms with Crippen molar-refractivity contribution in [3.05, 3.63) is 34.1 Å². The number of methoxy groups -OCH3 is 1. The van der Waals surface area contributed by atoms with Crippen LogP contribution in [0.4, 0.5) is 0 Å². The van der Waals surface area contributed by atoms with Crippen molar-refractivity contribution >= 4 is 27.3 Å². The van der Waals surface area contributed by atoms with Crippen LogP contribution in [-0.4, -0.2) is 22.4 Å². The number of phenols is 1. The third-order valence-electron chi connectivity index (χ3n) is 2.64. The number of nitrogens with zero attached hydrogens (tertiary/aromatic N) is 2. The van der Waals surface area contributed by atoms with Gasteiger partial charge in [0.1, 0.15) is 0 Å². The number of ether oxygens (including phenoxy) is 1. The van der Waals surface area contributed by atoms with Gasteiger partial charge >= 0.3 is 0 Å². The minimum atomic E-state index is 0.0311. The first kappa shape index (κ1) is 13.1. The Kier molecular flexibility index (Phi) is 3.45. The fraction of sp³-hybridized carbons (Fsp3) is 0.0769. The lowest BCUT2D eigenvalue weighted by Crippen LogP contribution is -1.84. The Hall–Kier alpha value is -1.86. The number of phenolic OH excluding ortho intramolecular Hbond substituents is 1. The van der Waals surface area contributed by atoms with Gasteiger partial charge in [0.25, 0.3) is 5.89 Å². The minimum absolute atomic E-state index is 0.0311. The molecule has 3 rings (SSSR count). The van der Waals surface area contributed by atoms with Gasteiger partial charge in [0, 0.05) is 15.4 Å². The monoisotopic (exact) mass is 352 g/mol. The molecule has 0 unspecified atom stereocenters. The Labute approximate surface area is 127 Å². The average Bonchev–Trinajstić information content (AvgIpc) is 3.07. The predicted octanol–water partition coefficient (Wildman–Crippen LogP) is 3.94. The molecular formula is C13H9BrN2O3S. The molecule has 0 fully saturated rings. The maximum absolute atomic E-state index is 9.76. The van der Waals surface area contributed by atoms with E-state index in [2.05, 4.69) is 26.1 Å². The molecule has 0 atom stereocenters. The Morgan fingerprint density at radius 1 is 1.35 bits per heavy atom. The fourth-order valence-corrected chi connectivity index (χ4v) is 3.05. The number of hydrogen-bond acceptors (Lipinski definition) is 6. The van der Waals surface area contributed by atoms with Crippen molar-refractivity contribution in [2.24, 2.45) is 0 Å². The topological polar surface area (TPSA) is 68.4 Å². The largest absolute Gasteiger partial charge is 0.504 e. The quantitative estimate of drug-likeness (QED) is 0.772. The van der Waals surface area contributed by atoms with Gasteiger partial charge in [-0.2, -0.15) is 4.98 Å². The van der Waals surface area contributed by atoms with Crippen molar-refractivity contribution in [2.45, 2.75) is 0 Å². The lowest BCUT2D eigenvalue weighted by atomic mass is 10.2. The Morgan fingerprint density at radius 3 is 2.85 bits per heavy atom. The Balaban J connectivity index is 1.95. The van der Waals surface area contributed by atoms with E-state index < -0.39 is 0 Å². The Bertz CT molecular complexity index is 754.